The summed E-state index contributed by atoms with van der Waals surface area (Å²) < 4.78 is 56.6. The van der Waals surface area contributed by atoms with E-state index in [9.17, 15) is 17.6 Å². The van der Waals surface area contributed by atoms with Crippen LogP contribution in [0.4, 0.5) is 15.8 Å². The Balaban J connectivity index is 1.37. The predicted molar refractivity (Wildman–Crippen MR) is 115 cm³/mol. The average molecular weight is 458 g/mol. The topological polar surface area (TPSA) is 103 Å². The monoisotopic (exact) mass is 458 g/mol. The maximum atomic E-state index is 13.0. The molecule has 0 fully saturated rings. The van der Waals surface area contributed by atoms with Crippen molar-refractivity contribution in [2.24, 2.45) is 0 Å². The molecule has 1 aliphatic rings. The number of aryl methyl sites for hydroxylation is 1. The highest BCUT2D eigenvalue weighted by Gasteiger charge is 2.17. The summed E-state index contributed by atoms with van der Waals surface area (Å²) in [5.74, 6) is 0.668. The predicted octanol–water partition coefficient (Wildman–Crippen LogP) is 3.68. The molecule has 0 saturated carbocycles. The molecule has 0 spiro atoms. The third-order valence-electron chi connectivity index (χ3n) is 4.57. The number of benzene rings is 3. The fraction of sp³-hybridized carbons (Fsp3) is 0.136. The van der Waals surface area contributed by atoms with Crippen LogP contribution in [-0.2, 0) is 14.8 Å². The first-order chi connectivity index (χ1) is 15.3. The summed E-state index contributed by atoms with van der Waals surface area (Å²) in [5.41, 5.74) is 1.31. The van der Waals surface area contributed by atoms with Crippen molar-refractivity contribution in [1.29, 1.82) is 0 Å². The Labute approximate surface area is 184 Å². The number of anilines is 2. The van der Waals surface area contributed by atoms with E-state index in [0.717, 1.165) is 12.1 Å². The third kappa shape index (κ3) is 4.92. The van der Waals surface area contributed by atoms with Crippen LogP contribution in [-0.4, -0.2) is 27.7 Å². The van der Waals surface area contributed by atoms with Gasteiger partial charge in [-0.15, -0.1) is 0 Å². The number of fused-ring (bicyclic) bond motifs is 1. The smallest absolute Gasteiger partial charge is 0.262 e. The molecule has 1 aliphatic heterocycles. The molecule has 166 valence electrons. The van der Waals surface area contributed by atoms with Gasteiger partial charge in [-0.05, 0) is 67.1 Å². The number of hydrogen-bond acceptors (Lipinski definition) is 6. The summed E-state index contributed by atoms with van der Waals surface area (Å²) in [6.45, 7) is 1.54. The van der Waals surface area contributed by atoms with Crippen LogP contribution in [0.2, 0.25) is 0 Å². The molecule has 0 unspecified atom stereocenters. The van der Waals surface area contributed by atoms with Gasteiger partial charge in [-0.1, -0.05) is 0 Å². The zero-order chi connectivity index (χ0) is 22.7. The highest BCUT2D eigenvalue weighted by molar-refractivity contribution is 7.92. The molecule has 3 aromatic carbocycles. The fourth-order valence-corrected chi connectivity index (χ4v) is 4.14. The molecular formula is C22H19FN2O6S. The minimum Gasteiger partial charge on any atom is -0.483 e. The van der Waals surface area contributed by atoms with Crippen molar-refractivity contribution in [3.05, 3.63) is 72.0 Å². The quantitative estimate of drug-likeness (QED) is 0.560. The van der Waals surface area contributed by atoms with E-state index in [-0.39, 0.29) is 24.0 Å². The standard InChI is InChI=1S/C22H19FN2O6S/c1-14-10-18(32(27,28)25-16-4-2-15(23)3-5-16)7-9-19(14)29-12-22(26)24-17-6-8-20-21(11-17)31-13-30-20/h2-11,25H,12-13H2,1H3,(H,24,26). The lowest BCUT2D eigenvalue weighted by molar-refractivity contribution is -0.118. The van der Waals surface area contributed by atoms with Crippen LogP contribution in [0.5, 0.6) is 17.2 Å². The maximum Gasteiger partial charge on any atom is 0.262 e. The van der Waals surface area contributed by atoms with Crippen molar-refractivity contribution in [1.82, 2.24) is 0 Å². The zero-order valence-corrected chi connectivity index (χ0v) is 17.7. The van der Waals surface area contributed by atoms with E-state index in [2.05, 4.69) is 10.0 Å². The van der Waals surface area contributed by atoms with E-state index in [1.165, 1.54) is 30.3 Å². The first-order valence-electron chi connectivity index (χ1n) is 9.51. The molecular weight excluding hydrogens is 439 g/mol. The van der Waals surface area contributed by atoms with Crippen molar-refractivity contribution in [3.63, 3.8) is 0 Å². The SMILES string of the molecule is Cc1cc(S(=O)(=O)Nc2ccc(F)cc2)ccc1OCC(=O)Nc1ccc2c(c1)OCO2. The second-order valence-corrected chi connectivity index (χ2v) is 8.63. The van der Waals surface area contributed by atoms with Crippen molar-refractivity contribution < 1.29 is 31.8 Å². The van der Waals surface area contributed by atoms with E-state index in [1.807, 2.05) is 0 Å². The molecule has 8 nitrogen and oxygen atoms in total. The summed E-state index contributed by atoms with van der Waals surface area (Å²) in [4.78, 5) is 12.2. The van der Waals surface area contributed by atoms with E-state index >= 15 is 0 Å². The van der Waals surface area contributed by atoms with Crippen LogP contribution in [0.25, 0.3) is 0 Å². The molecule has 1 heterocycles. The molecule has 3 aromatic rings. The summed E-state index contributed by atoms with van der Waals surface area (Å²) >= 11 is 0. The van der Waals surface area contributed by atoms with E-state index in [4.69, 9.17) is 14.2 Å². The Morgan fingerprint density at radius 1 is 1.00 bits per heavy atom. The molecule has 1 amide bonds. The Bertz CT molecular complexity index is 1260. The number of carbonyl (C=O) groups excluding carboxylic acids is 1. The van der Waals surface area contributed by atoms with Gasteiger partial charge in [-0.25, -0.2) is 12.8 Å². The second-order valence-electron chi connectivity index (χ2n) is 6.94. The molecule has 0 aliphatic carbocycles. The van der Waals surface area contributed by atoms with Crippen LogP contribution < -0.4 is 24.2 Å². The van der Waals surface area contributed by atoms with Crippen molar-refractivity contribution in [2.45, 2.75) is 11.8 Å². The van der Waals surface area contributed by atoms with Gasteiger partial charge in [0.15, 0.2) is 18.1 Å². The van der Waals surface area contributed by atoms with Crippen LogP contribution in [0.3, 0.4) is 0 Å². The zero-order valence-electron chi connectivity index (χ0n) is 16.9. The van der Waals surface area contributed by atoms with Gasteiger partial charge < -0.3 is 19.5 Å². The summed E-state index contributed by atoms with van der Waals surface area (Å²) in [7, 11) is -3.87. The van der Waals surface area contributed by atoms with Gasteiger partial charge >= 0.3 is 0 Å². The number of sulfonamides is 1. The van der Waals surface area contributed by atoms with Crippen molar-refractivity contribution >= 4 is 27.3 Å². The highest BCUT2D eigenvalue weighted by Crippen LogP contribution is 2.34. The number of hydrogen-bond donors (Lipinski definition) is 2. The van der Waals surface area contributed by atoms with Gasteiger partial charge in [0.2, 0.25) is 6.79 Å². The lowest BCUT2D eigenvalue weighted by Gasteiger charge is -2.12. The Morgan fingerprint density at radius 2 is 1.72 bits per heavy atom. The molecule has 0 aromatic heterocycles. The average Bonchev–Trinajstić information content (AvgIpc) is 3.22. The molecule has 0 bridgehead atoms. The minimum atomic E-state index is -3.87. The lowest BCUT2D eigenvalue weighted by atomic mass is 10.2. The van der Waals surface area contributed by atoms with Crippen LogP contribution in [0.15, 0.2) is 65.6 Å². The van der Waals surface area contributed by atoms with Gasteiger partial charge in [0.25, 0.3) is 15.9 Å². The van der Waals surface area contributed by atoms with Crippen molar-refractivity contribution in [2.75, 3.05) is 23.4 Å². The Kier molecular flexibility index (Phi) is 5.87. The number of carbonyl (C=O) groups is 1. The molecule has 0 saturated heterocycles. The number of amides is 1. The fourth-order valence-electron chi connectivity index (χ4n) is 3.00. The van der Waals surface area contributed by atoms with Gasteiger partial charge in [0.05, 0.1) is 4.90 Å². The molecule has 0 radical (unpaired) electrons. The third-order valence-corrected chi connectivity index (χ3v) is 5.95. The van der Waals surface area contributed by atoms with Crippen LogP contribution >= 0.6 is 0 Å². The first kappa shape index (κ1) is 21.4. The van der Waals surface area contributed by atoms with Gasteiger partial charge in [0, 0.05) is 17.4 Å². The molecule has 32 heavy (non-hydrogen) atoms. The number of nitrogens with one attached hydrogen (secondary N) is 2. The van der Waals surface area contributed by atoms with Crippen molar-refractivity contribution in [3.8, 4) is 17.2 Å². The summed E-state index contributed by atoms with van der Waals surface area (Å²) in [5, 5.41) is 2.70. The minimum absolute atomic E-state index is 0.0106. The van der Waals surface area contributed by atoms with Gasteiger partial charge in [-0.3, -0.25) is 9.52 Å². The number of rotatable bonds is 7. The van der Waals surface area contributed by atoms with E-state index in [0.29, 0.717) is 28.5 Å². The van der Waals surface area contributed by atoms with E-state index in [1.54, 1.807) is 25.1 Å². The Hall–Kier alpha value is -3.79. The molecule has 10 heteroatoms. The van der Waals surface area contributed by atoms with Gasteiger partial charge in [-0.2, -0.15) is 0 Å². The highest BCUT2D eigenvalue weighted by atomic mass is 32.2. The van der Waals surface area contributed by atoms with Crippen LogP contribution in [0.1, 0.15) is 5.56 Å². The summed E-state index contributed by atoms with van der Waals surface area (Å²) in [6.07, 6.45) is 0. The molecule has 2 N–H and O–H groups in total. The molecule has 4 rings (SSSR count). The number of ether oxygens (including phenoxy) is 3. The normalized spacial score (nSPS) is 12.3. The first-order valence-corrected chi connectivity index (χ1v) is 11.0. The Morgan fingerprint density at radius 3 is 2.47 bits per heavy atom. The second kappa shape index (κ2) is 8.75. The number of halogens is 1. The maximum absolute atomic E-state index is 13.0. The largest absolute Gasteiger partial charge is 0.483 e. The lowest BCUT2D eigenvalue weighted by Crippen LogP contribution is -2.20. The molecule has 0 atom stereocenters. The summed E-state index contributed by atoms with van der Waals surface area (Å²) in [6, 6.07) is 14.3. The van der Waals surface area contributed by atoms with E-state index < -0.39 is 21.7 Å². The van der Waals surface area contributed by atoms with Crippen LogP contribution in [0, 0.1) is 12.7 Å². The van der Waals surface area contributed by atoms with Gasteiger partial charge in [0.1, 0.15) is 11.6 Å².